The predicted octanol–water partition coefficient (Wildman–Crippen LogP) is 0.873. The summed E-state index contributed by atoms with van der Waals surface area (Å²) in [7, 11) is 0. The smallest absolute Gasteiger partial charge is 0.225 e. The number of hydrogen-bond donors (Lipinski definition) is 1. The van der Waals surface area contributed by atoms with Crippen molar-refractivity contribution in [1.29, 1.82) is 0 Å². The molecule has 0 aromatic heterocycles. The van der Waals surface area contributed by atoms with E-state index in [-0.39, 0.29) is 18.4 Å². The minimum absolute atomic E-state index is 0.0810. The number of nitrogens with zero attached hydrogens (tertiary/aromatic N) is 1. The highest BCUT2D eigenvalue weighted by Crippen LogP contribution is 2.17. The highest BCUT2D eigenvalue weighted by Gasteiger charge is 2.24. The minimum Gasteiger partial charge on any atom is -0.396 e. The summed E-state index contributed by atoms with van der Waals surface area (Å²) in [6.07, 6.45) is 2.09. The fourth-order valence-corrected chi connectivity index (χ4v) is 1.78. The van der Waals surface area contributed by atoms with Gasteiger partial charge >= 0.3 is 0 Å². The van der Waals surface area contributed by atoms with Gasteiger partial charge in [0.2, 0.25) is 5.91 Å². The first-order valence-electron chi connectivity index (χ1n) is 5.04. The molecule has 1 aliphatic rings. The van der Waals surface area contributed by atoms with Crippen LogP contribution in [0.4, 0.5) is 0 Å². The van der Waals surface area contributed by atoms with Crippen molar-refractivity contribution in [1.82, 2.24) is 4.90 Å². The van der Waals surface area contributed by atoms with Crippen LogP contribution >= 0.6 is 0 Å². The molecule has 76 valence electrons. The van der Waals surface area contributed by atoms with Gasteiger partial charge < -0.3 is 10.0 Å². The maximum absolute atomic E-state index is 11.6. The van der Waals surface area contributed by atoms with Gasteiger partial charge in [-0.2, -0.15) is 0 Å². The van der Waals surface area contributed by atoms with Gasteiger partial charge in [0.05, 0.1) is 0 Å². The van der Waals surface area contributed by atoms with Crippen LogP contribution in [0.25, 0.3) is 0 Å². The molecule has 0 saturated carbocycles. The van der Waals surface area contributed by atoms with Crippen LogP contribution in [-0.2, 0) is 4.79 Å². The molecule has 1 rings (SSSR count). The van der Waals surface area contributed by atoms with E-state index in [1.807, 2.05) is 18.7 Å². The summed E-state index contributed by atoms with van der Waals surface area (Å²) in [4.78, 5) is 13.5. The molecule has 1 aliphatic heterocycles. The van der Waals surface area contributed by atoms with Crippen LogP contribution < -0.4 is 0 Å². The molecule has 0 aromatic carbocycles. The van der Waals surface area contributed by atoms with Crippen molar-refractivity contribution in [3.63, 3.8) is 0 Å². The Morgan fingerprint density at radius 3 is 2.85 bits per heavy atom. The molecule has 0 aromatic rings. The number of aliphatic hydroxyl groups is 1. The number of likely N-dealkylation sites (tertiary alicyclic amines) is 1. The van der Waals surface area contributed by atoms with E-state index in [2.05, 4.69) is 0 Å². The molecule has 1 fully saturated rings. The van der Waals surface area contributed by atoms with Crippen LogP contribution in [0.15, 0.2) is 0 Å². The third-order valence-corrected chi connectivity index (χ3v) is 2.58. The van der Waals surface area contributed by atoms with E-state index >= 15 is 0 Å². The molecular formula is C10H19NO2. The van der Waals surface area contributed by atoms with Crippen molar-refractivity contribution < 1.29 is 9.90 Å². The molecule has 3 nitrogen and oxygen atoms in total. The van der Waals surface area contributed by atoms with Crippen LogP contribution in [0.5, 0.6) is 0 Å². The summed E-state index contributed by atoms with van der Waals surface area (Å²) in [6, 6.07) is 0. The van der Waals surface area contributed by atoms with Crippen molar-refractivity contribution >= 4 is 5.91 Å². The van der Waals surface area contributed by atoms with Gasteiger partial charge in [-0.1, -0.05) is 13.8 Å². The molecule has 3 heteroatoms. The van der Waals surface area contributed by atoms with Crippen molar-refractivity contribution in [3.8, 4) is 0 Å². The highest BCUT2D eigenvalue weighted by atomic mass is 16.3. The number of piperidine rings is 1. The first kappa shape index (κ1) is 10.5. The van der Waals surface area contributed by atoms with Crippen molar-refractivity contribution in [2.45, 2.75) is 26.7 Å². The van der Waals surface area contributed by atoms with Crippen LogP contribution in [0.2, 0.25) is 0 Å². The average molecular weight is 185 g/mol. The van der Waals surface area contributed by atoms with Gasteiger partial charge in [-0.25, -0.2) is 0 Å². The Morgan fingerprint density at radius 1 is 1.62 bits per heavy atom. The monoisotopic (exact) mass is 185 g/mol. The van der Waals surface area contributed by atoms with E-state index < -0.39 is 0 Å². The molecule has 1 heterocycles. The molecule has 1 amide bonds. The maximum atomic E-state index is 11.6. The van der Waals surface area contributed by atoms with E-state index in [9.17, 15) is 4.79 Å². The standard InChI is InChI=1S/C10H19NO2/c1-8(2)10(13)11-5-3-4-9(6-11)7-12/h8-9,12H,3-7H2,1-2H3. The molecule has 0 radical (unpaired) electrons. The first-order valence-corrected chi connectivity index (χ1v) is 5.04. The van der Waals surface area contributed by atoms with Gasteiger partial charge in [0.15, 0.2) is 0 Å². The zero-order valence-electron chi connectivity index (χ0n) is 8.49. The summed E-state index contributed by atoms with van der Waals surface area (Å²) < 4.78 is 0. The third-order valence-electron chi connectivity index (χ3n) is 2.58. The van der Waals surface area contributed by atoms with E-state index in [0.717, 1.165) is 25.9 Å². The number of hydrogen-bond acceptors (Lipinski definition) is 2. The van der Waals surface area contributed by atoms with Gasteiger partial charge in [0.1, 0.15) is 0 Å². The Balaban J connectivity index is 2.46. The van der Waals surface area contributed by atoms with Gasteiger partial charge in [-0.3, -0.25) is 4.79 Å². The summed E-state index contributed by atoms with van der Waals surface area (Å²) in [5.41, 5.74) is 0. The topological polar surface area (TPSA) is 40.5 Å². The Kier molecular flexibility index (Phi) is 3.72. The Hall–Kier alpha value is -0.570. The maximum Gasteiger partial charge on any atom is 0.225 e. The Bertz CT molecular complexity index is 180. The second kappa shape index (κ2) is 4.61. The van der Waals surface area contributed by atoms with Gasteiger partial charge in [-0.15, -0.1) is 0 Å². The fourth-order valence-electron chi connectivity index (χ4n) is 1.78. The van der Waals surface area contributed by atoms with Crippen LogP contribution in [0.3, 0.4) is 0 Å². The van der Waals surface area contributed by atoms with E-state index in [1.165, 1.54) is 0 Å². The Labute approximate surface area is 79.7 Å². The summed E-state index contributed by atoms with van der Waals surface area (Å²) in [5, 5.41) is 8.99. The average Bonchev–Trinajstić information content (AvgIpc) is 2.16. The van der Waals surface area contributed by atoms with E-state index in [0.29, 0.717) is 5.92 Å². The normalized spacial score (nSPS) is 23.7. The van der Waals surface area contributed by atoms with Crippen LogP contribution in [0, 0.1) is 11.8 Å². The van der Waals surface area contributed by atoms with Crippen molar-refractivity contribution in [2.75, 3.05) is 19.7 Å². The lowest BCUT2D eigenvalue weighted by Crippen LogP contribution is -2.42. The molecule has 0 spiro atoms. The molecule has 1 saturated heterocycles. The quantitative estimate of drug-likeness (QED) is 0.693. The molecule has 1 N–H and O–H groups in total. The Morgan fingerprint density at radius 2 is 2.31 bits per heavy atom. The van der Waals surface area contributed by atoms with E-state index in [1.54, 1.807) is 0 Å². The van der Waals surface area contributed by atoms with Crippen LogP contribution in [-0.4, -0.2) is 35.6 Å². The molecular weight excluding hydrogens is 166 g/mol. The van der Waals surface area contributed by atoms with Crippen molar-refractivity contribution in [3.05, 3.63) is 0 Å². The second-order valence-electron chi connectivity index (χ2n) is 4.13. The zero-order valence-corrected chi connectivity index (χ0v) is 8.49. The molecule has 0 bridgehead atoms. The zero-order chi connectivity index (χ0) is 9.84. The summed E-state index contributed by atoms with van der Waals surface area (Å²) in [6.45, 7) is 5.67. The fraction of sp³-hybridized carbons (Fsp3) is 0.900. The number of amides is 1. The van der Waals surface area contributed by atoms with E-state index in [4.69, 9.17) is 5.11 Å². The minimum atomic E-state index is 0.0810. The lowest BCUT2D eigenvalue weighted by Gasteiger charge is -2.32. The van der Waals surface area contributed by atoms with Crippen LogP contribution in [0.1, 0.15) is 26.7 Å². The highest BCUT2D eigenvalue weighted by molar-refractivity contribution is 5.78. The van der Waals surface area contributed by atoms with Gasteiger partial charge in [-0.05, 0) is 18.8 Å². The molecule has 1 atom stereocenters. The van der Waals surface area contributed by atoms with Crippen molar-refractivity contribution in [2.24, 2.45) is 11.8 Å². The molecule has 13 heavy (non-hydrogen) atoms. The number of aliphatic hydroxyl groups excluding tert-OH is 1. The molecule has 0 aliphatic carbocycles. The lowest BCUT2D eigenvalue weighted by atomic mass is 9.98. The first-order chi connectivity index (χ1) is 6.15. The van der Waals surface area contributed by atoms with Gasteiger partial charge in [0, 0.05) is 25.6 Å². The SMILES string of the molecule is CC(C)C(=O)N1CCCC(CO)C1. The lowest BCUT2D eigenvalue weighted by molar-refractivity contribution is -0.136. The van der Waals surface area contributed by atoms with Gasteiger partial charge in [0.25, 0.3) is 0 Å². The number of rotatable bonds is 2. The largest absolute Gasteiger partial charge is 0.396 e. The predicted molar refractivity (Wildman–Crippen MR) is 51.2 cm³/mol. The molecule has 1 unspecified atom stereocenters. The summed E-state index contributed by atoms with van der Waals surface area (Å²) >= 11 is 0. The second-order valence-corrected chi connectivity index (χ2v) is 4.13. The summed E-state index contributed by atoms with van der Waals surface area (Å²) in [5.74, 6) is 0.604. The third kappa shape index (κ3) is 2.69. The number of carbonyl (C=O) groups excluding carboxylic acids is 1. The number of carbonyl (C=O) groups is 1.